The van der Waals surface area contributed by atoms with Crippen LogP contribution in [0.2, 0.25) is 5.02 Å². The van der Waals surface area contributed by atoms with Gasteiger partial charge in [-0.2, -0.15) is 0 Å². The molecule has 2 heterocycles. The second kappa shape index (κ2) is 10.3. The maximum absolute atomic E-state index is 6.25. The molecule has 1 aromatic carbocycles. The number of aromatic nitrogens is 1. The minimum atomic E-state index is 0. The molecule has 26 heavy (non-hydrogen) atoms. The van der Waals surface area contributed by atoms with Gasteiger partial charge in [-0.25, -0.2) is 4.98 Å². The average Bonchev–Trinajstić information content (AvgIpc) is 3.08. The van der Waals surface area contributed by atoms with E-state index >= 15 is 0 Å². The Morgan fingerprint density at radius 1 is 1.35 bits per heavy atom. The molecule has 5 nitrogen and oxygen atoms in total. The van der Waals surface area contributed by atoms with Gasteiger partial charge < -0.3 is 15.5 Å². The summed E-state index contributed by atoms with van der Waals surface area (Å²) in [5.41, 5.74) is 1.21. The van der Waals surface area contributed by atoms with Crippen LogP contribution in [-0.2, 0) is 6.54 Å². The van der Waals surface area contributed by atoms with Crippen LogP contribution in [0.1, 0.15) is 12.0 Å². The number of nitrogens with one attached hydrogen (secondary N) is 2. The number of guanidine groups is 1. The van der Waals surface area contributed by atoms with E-state index in [9.17, 15) is 0 Å². The van der Waals surface area contributed by atoms with Gasteiger partial charge >= 0.3 is 0 Å². The highest BCUT2D eigenvalue weighted by Crippen LogP contribution is 2.25. The van der Waals surface area contributed by atoms with E-state index in [1.807, 2.05) is 24.3 Å². The highest BCUT2D eigenvalue weighted by molar-refractivity contribution is 14.0. The van der Waals surface area contributed by atoms with Crippen LogP contribution in [-0.4, -0.2) is 37.1 Å². The number of halogens is 3. The molecule has 0 bridgehead atoms. The Morgan fingerprint density at radius 2 is 2.12 bits per heavy atom. The Balaban J connectivity index is 0.00000243. The number of hydrogen-bond acceptors (Lipinski definition) is 3. The van der Waals surface area contributed by atoms with Gasteiger partial charge in [-0.1, -0.05) is 39.7 Å². The fourth-order valence-electron chi connectivity index (χ4n) is 2.86. The highest BCUT2D eigenvalue weighted by atomic mass is 127. The molecule has 1 saturated heterocycles. The third-order valence-corrected chi connectivity index (χ3v) is 4.99. The number of aliphatic imine (C=N–C) groups is 1. The molecule has 1 aliphatic heterocycles. The molecule has 140 valence electrons. The molecular weight excluding hydrogens is 528 g/mol. The Hall–Kier alpha value is -1.06. The van der Waals surface area contributed by atoms with Crippen LogP contribution in [0.5, 0.6) is 0 Å². The summed E-state index contributed by atoms with van der Waals surface area (Å²) in [6, 6.07) is 12.3. The van der Waals surface area contributed by atoms with Gasteiger partial charge in [-0.15, -0.1) is 24.0 Å². The van der Waals surface area contributed by atoms with Gasteiger partial charge in [0.2, 0.25) is 0 Å². The number of nitrogens with zero attached hydrogens (tertiary/aromatic N) is 3. The first-order valence-corrected chi connectivity index (χ1v) is 9.40. The molecule has 0 spiro atoms. The normalized spacial score (nSPS) is 17.0. The van der Waals surface area contributed by atoms with Gasteiger partial charge in [-0.05, 0) is 36.2 Å². The first-order valence-electron chi connectivity index (χ1n) is 8.23. The molecular formula is C18H22BrClIN5. The molecule has 8 heteroatoms. The number of hydrogen-bond donors (Lipinski definition) is 2. The lowest BCUT2D eigenvalue weighted by molar-refractivity contribution is 0.648. The van der Waals surface area contributed by atoms with Crippen molar-refractivity contribution in [3.63, 3.8) is 0 Å². The van der Waals surface area contributed by atoms with Crippen molar-refractivity contribution in [2.75, 3.05) is 25.0 Å². The van der Waals surface area contributed by atoms with Crippen molar-refractivity contribution >= 4 is 63.3 Å². The molecule has 0 aliphatic carbocycles. The number of rotatable bonds is 4. The Bertz CT molecular complexity index is 741. The summed E-state index contributed by atoms with van der Waals surface area (Å²) < 4.78 is 1.08. The molecule has 1 atom stereocenters. The molecule has 0 radical (unpaired) electrons. The zero-order valence-electron chi connectivity index (χ0n) is 14.5. The fourth-order valence-corrected chi connectivity index (χ4v) is 3.36. The van der Waals surface area contributed by atoms with Crippen molar-refractivity contribution in [3.8, 4) is 0 Å². The fraction of sp³-hybridized carbons (Fsp3) is 0.333. The minimum Gasteiger partial charge on any atom is -0.353 e. The molecule has 1 unspecified atom stereocenters. The van der Waals surface area contributed by atoms with Gasteiger partial charge in [0, 0.05) is 43.4 Å². The largest absolute Gasteiger partial charge is 0.353 e. The van der Waals surface area contributed by atoms with E-state index in [0.29, 0.717) is 11.1 Å². The van der Waals surface area contributed by atoms with Crippen LogP contribution in [0, 0.1) is 0 Å². The van der Waals surface area contributed by atoms with Crippen molar-refractivity contribution < 1.29 is 0 Å². The van der Waals surface area contributed by atoms with Crippen molar-refractivity contribution in [1.82, 2.24) is 15.6 Å². The van der Waals surface area contributed by atoms with E-state index in [4.69, 9.17) is 11.6 Å². The Labute approximate surface area is 184 Å². The summed E-state index contributed by atoms with van der Waals surface area (Å²) in [6.07, 6.45) is 2.80. The predicted octanol–water partition coefficient (Wildman–Crippen LogP) is 4.06. The van der Waals surface area contributed by atoms with Gasteiger partial charge in [0.25, 0.3) is 0 Å². The number of benzene rings is 1. The van der Waals surface area contributed by atoms with E-state index in [-0.39, 0.29) is 24.0 Å². The van der Waals surface area contributed by atoms with E-state index < -0.39 is 0 Å². The maximum Gasteiger partial charge on any atom is 0.191 e. The summed E-state index contributed by atoms with van der Waals surface area (Å²) >= 11 is 9.70. The molecule has 3 rings (SSSR count). The third-order valence-electron chi connectivity index (χ3n) is 4.16. The van der Waals surface area contributed by atoms with Crippen LogP contribution in [0.15, 0.2) is 52.1 Å². The van der Waals surface area contributed by atoms with E-state index in [1.165, 1.54) is 5.56 Å². The third kappa shape index (κ3) is 5.72. The summed E-state index contributed by atoms with van der Waals surface area (Å²) in [4.78, 5) is 10.9. The summed E-state index contributed by atoms with van der Waals surface area (Å²) in [5, 5.41) is 7.54. The first kappa shape index (κ1) is 21.2. The Morgan fingerprint density at radius 3 is 2.81 bits per heavy atom. The van der Waals surface area contributed by atoms with Gasteiger partial charge in [0.1, 0.15) is 5.82 Å². The molecule has 1 fully saturated rings. The first-order chi connectivity index (χ1) is 12.2. The summed E-state index contributed by atoms with van der Waals surface area (Å²) in [7, 11) is 1.79. The van der Waals surface area contributed by atoms with Crippen molar-refractivity contribution in [2.45, 2.75) is 19.0 Å². The second-order valence-corrected chi connectivity index (χ2v) is 7.26. The molecule has 1 aromatic heterocycles. The highest BCUT2D eigenvalue weighted by Gasteiger charge is 2.25. The smallest absolute Gasteiger partial charge is 0.191 e. The van der Waals surface area contributed by atoms with E-state index in [1.54, 1.807) is 13.2 Å². The van der Waals surface area contributed by atoms with Crippen LogP contribution in [0.4, 0.5) is 5.82 Å². The maximum atomic E-state index is 6.25. The average molecular weight is 551 g/mol. The molecule has 0 saturated carbocycles. The lowest BCUT2D eigenvalue weighted by atomic mass is 10.2. The Kier molecular flexibility index (Phi) is 8.43. The van der Waals surface area contributed by atoms with E-state index in [2.05, 4.69) is 53.6 Å². The molecule has 0 amide bonds. The van der Waals surface area contributed by atoms with Gasteiger partial charge in [0.15, 0.2) is 5.96 Å². The van der Waals surface area contributed by atoms with Crippen LogP contribution in [0.25, 0.3) is 0 Å². The topological polar surface area (TPSA) is 52.6 Å². The number of anilines is 1. The van der Waals surface area contributed by atoms with E-state index in [0.717, 1.165) is 42.3 Å². The SMILES string of the molecule is CN=C(NCc1ccc(Br)cc1)NC1CCN(c2ncccc2Cl)C1.I. The van der Waals surface area contributed by atoms with Crippen molar-refractivity contribution in [3.05, 3.63) is 57.7 Å². The van der Waals surface area contributed by atoms with Crippen molar-refractivity contribution in [1.29, 1.82) is 0 Å². The monoisotopic (exact) mass is 549 g/mol. The van der Waals surface area contributed by atoms with Crippen LogP contribution in [0.3, 0.4) is 0 Å². The van der Waals surface area contributed by atoms with Gasteiger partial charge in [0.05, 0.1) is 5.02 Å². The zero-order valence-corrected chi connectivity index (χ0v) is 19.1. The predicted molar refractivity (Wildman–Crippen MR) is 123 cm³/mol. The summed E-state index contributed by atoms with van der Waals surface area (Å²) in [6.45, 7) is 2.52. The standard InChI is InChI=1S/C18H21BrClN5.HI/c1-21-18(23-11-13-4-6-14(19)7-5-13)24-15-8-10-25(12-15)17-16(20)3-2-9-22-17;/h2-7,9,15H,8,10-12H2,1H3,(H2,21,23,24);1H. The minimum absolute atomic E-state index is 0. The van der Waals surface area contributed by atoms with Crippen LogP contribution < -0.4 is 15.5 Å². The molecule has 2 N–H and O–H groups in total. The van der Waals surface area contributed by atoms with Gasteiger partial charge in [-0.3, -0.25) is 4.99 Å². The van der Waals surface area contributed by atoms with Crippen LogP contribution >= 0.6 is 51.5 Å². The lowest BCUT2D eigenvalue weighted by Gasteiger charge is -2.20. The number of pyridine rings is 1. The quantitative estimate of drug-likeness (QED) is 0.343. The zero-order chi connectivity index (χ0) is 17.6. The molecule has 1 aliphatic rings. The summed E-state index contributed by atoms with van der Waals surface area (Å²) in [5.74, 6) is 1.66. The lowest BCUT2D eigenvalue weighted by Crippen LogP contribution is -2.44. The van der Waals surface area contributed by atoms with Crippen molar-refractivity contribution in [2.24, 2.45) is 4.99 Å². The molecule has 2 aromatic rings. The second-order valence-electron chi connectivity index (χ2n) is 5.94.